The van der Waals surface area contributed by atoms with Crippen LogP contribution in [0.15, 0.2) is 22.7 Å². The number of anilines is 1. The molecule has 20 heavy (non-hydrogen) atoms. The van der Waals surface area contributed by atoms with Crippen molar-refractivity contribution in [3.05, 3.63) is 22.7 Å². The number of nitrogens with zero attached hydrogens (tertiary/aromatic N) is 2. The van der Waals surface area contributed by atoms with E-state index in [1.54, 1.807) is 4.90 Å². The van der Waals surface area contributed by atoms with E-state index >= 15 is 0 Å². The number of nitriles is 1. The van der Waals surface area contributed by atoms with E-state index in [0.717, 1.165) is 28.8 Å². The average Bonchev–Trinajstić information content (AvgIpc) is 2.41. The first-order chi connectivity index (χ1) is 9.43. The van der Waals surface area contributed by atoms with Crippen LogP contribution in [0.3, 0.4) is 0 Å². The number of hydrogen-bond donors (Lipinski definition) is 0. The molecule has 1 heterocycles. The van der Waals surface area contributed by atoms with Crippen LogP contribution in [0.5, 0.6) is 5.75 Å². The molecule has 1 aromatic rings. The Kier molecular flexibility index (Phi) is 4.34. The molecule has 0 fully saturated rings. The fourth-order valence-electron chi connectivity index (χ4n) is 2.16. The number of ether oxygens (including phenoxy) is 1. The molecule has 5 heteroatoms. The van der Waals surface area contributed by atoms with Gasteiger partial charge in [-0.25, -0.2) is 0 Å². The largest absolute Gasteiger partial charge is 0.482 e. The molecule has 4 nitrogen and oxygen atoms in total. The van der Waals surface area contributed by atoms with E-state index < -0.39 is 0 Å². The number of carbonyl (C=O) groups is 1. The number of carbonyl (C=O) groups excluding carboxylic acids is 1. The third kappa shape index (κ3) is 3.31. The van der Waals surface area contributed by atoms with Crippen LogP contribution in [0.2, 0.25) is 0 Å². The van der Waals surface area contributed by atoms with Crippen LogP contribution in [0.1, 0.15) is 26.7 Å². The fraction of sp³-hybridized carbons (Fsp3) is 0.467. The van der Waals surface area contributed by atoms with Gasteiger partial charge in [0.05, 0.1) is 17.2 Å². The summed E-state index contributed by atoms with van der Waals surface area (Å²) in [6.45, 7) is 4.52. The molecule has 0 radical (unpaired) electrons. The lowest BCUT2D eigenvalue weighted by Gasteiger charge is -2.30. The quantitative estimate of drug-likeness (QED) is 0.845. The maximum atomic E-state index is 12.0. The van der Waals surface area contributed by atoms with Gasteiger partial charge in [0.15, 0.2) is 6.61 Å². The highest BCUT2D eigenvalue weighted by Gasteiger charge is 2.26. The molecule has 2 rings (SSSR count). The van der Waals surface area contributed by atoms with E-state index in [1.807, 2.05) is 32.0 Å². The van der Waals surface area contributed by atoms with E-state index in [9.17, 15) is 4.79 Å². The molecule has 0 atom stereocenters. The minimum atomic E-state index is -0.352. The third-order valence-electron chi connectivity index (χ3n) is 3.35. The van der Waals surface area contributed by atoms with Gasteiger partial charge in [-0.1, -0.05) is 15.9 Å². The lowest BCUT2D eigenvalue weighted by atomic mass is 9.90. The molecule has 0 saturated heterocycles. The normalized spacial score (nSPS) is 14.5. The molecule has 1 aromatic carbocycles. The highest BCUT2D eigenvalue weighted by molar-refractivity contribution is 9.10. The molecule has 0 aromatic heterocycles. The minimum absolute atomic E-state index is 0.0367. The van der Waals surface area contributed by atoms with Crippen molar-refractivity contribution < 1.29 is 9.53 Å². The van der Waals surface area contributed by atoms with Crippen molar-refractivity contribution in [2.24, 2.45) is 5.41 Å². The third-order valence-corrected chi connectivity index (χ3v) is 3.84. The van der Waals surface area contributed by atoms with Gasteiger partial charge in [-0.3, -0.25) is 4.79 Å². The number of hydrogen-bond acceptors (Lipinski definition) is 3. The molecule has 1 amide bonds. The van der Waals surface area contributed by atoms with E-state index in [2.05, 4.69) is 22.0 Å². The number of halogens is 1. The zero-order valence-corrected chi connectivity index (χ0v) is 13.2. The van der Waals surface area contributed by atoms with Gasteiger partial charge < -0.3 is 9.64 Å². The van der Waals surface area contributed by atoms with Gasteiger partial charge in [0.1, 0.15) is 5.75 Å². The Bertz CT molecular complexity index is 563. The Morgan fingerprint density at radius 3 is 2.95 bits per heavy atom. The van der Waals surface area contributed by atoms with Crippen LogP contribution in [0.4, 0.5) is 5.69 Å². The van der Waals surface area contributed by atoms with E-state index in [0.29, 0.717) is 6.54 Å². The van der Waals surface area contributed by atoms with Crippen LogP contribution in [0, 0.1) is 16.7 Å². The Morgan fingerprint density at radius 2 is 2.25 bits per heavy atom. The second kappa shape index (κ2) is 5.84. The van der Waals surface area contributed by atoms with Crippen molar-refractivity contribution in [2.45, 2.75) is 26.7 Å². The summed E-state index contributed by atoms with van der Waals surface area (Å²) in [6, 6.07) is 7.93. The monoisotopic (exact) mass is 336 g/mol. The van der Waals surface area contributed by atoms with Gasteiger partial charge >= 0.3 is 0 Å². The Hall–Kier alpha value is -1.54. The fourth-order valence-corrected chi connectivity index (χ4v) is 2.50. The molecule has 0 spiro atoms. The van der Waals surface area contributed by atoms with E-state index in [-0.39, 0.29) is 17.9 Å². The summed E-state index contributed by atoms with van der Waals surface area (Å²) in [7, 11) is 0. The summed E-state index contributed by atoms with van der Waals surface area (Å²) >= 11 is 3.41. The summed E-state index contributed by atoms with van der Waals surface area (Å²) in [5, 5.41) is 9.02. The lowest BCUT2D eigenvalue weighted by molar-refractivity contribution is -0.121. The van der Waals surface area contributed by atoms with Crippen molar-refractivity contribution in [2.75, 3.05) is 18.1 Å². The molecular weight excluding hydrogens is 320 g/mol. The van der Waals surface area contributed by atoms with Crippen molar-refractivity contribution >= 4 is 27.5 Å². The summed E-state index contributed by atoms with van der Waals surface area (Å²) in [5.41, 5.74) is 0.445. The number of benzene rings is 1. The molecule has 0 saturated carbocycles. The topological polar surface area (TPSA) is 53.3 Å². The summed E-state index contributed by atoms with van der Waals surface area (Å²) in [6.07, 6.45) is 1.55. The first-order valence-electron chi connectivity index (χ1n) is 6.57. The smallest absolute Gasteiger partial charge is 0.265 e. The molecule has 0 unspecified atom stereocenters. The van der Waals surface area contributed by atoms with Gasteiger partial charge in [0.2, 0.25) is 0 Å². The summed E-state index contributed by atoms with van der Waals surface area (Å²) in [4.78, 5) is 13.8. The van der Waals surface area contributed by atoms with Crippen LogP contribution < -0.4 is 9.64 Å². The summed E-state index contributed by atoms with van der Waals surface area (Å²) < 4.78 is 6.34. The Balaban J connectivity index is 2.10. The van der Waals surface area contributed by atoms with Crippen LogP contribution in [0.25, 0.3) is 0 Å². The molecule has 0 aliphatic carbocycles. The van der Waals surface area contributed by atoms with Crippen molar-refractivity contribution in [1.29, 1.82) is 5.26 Å². The zero-order chi connectivity index (χ0) is 14.8. The van der Waals surface area contributed by atoms with Gasteiger partial charge in [0, 0.05) is 11.0 Å². The Morgan fingerprint density at radius 1 is 1.50 bits per heavy atom. The predicted octanol–water partition coefficient (Wildman–Crippen LogP) is 3.50. The first-order valence-corrected chi connectivity index (χ1v) is 7.36. The van der Waals surface area contributed by atoms with E-state index in [1.165, 1.54) is 0 Å². The minimum Gasteiger partial charge on any atom is -0.482 e. The average molecular weight is 337 g/mol. The lowest BCUT2D eigenvalue weighted by Crippen LogP contribution is -2.39. The number of rotatable bonds is 4. The van der Waals surface area contributed by atoms with E-state index in [4.69, 9.17) is 10.00 Å². The molecule has 0 N–H and O–H groups in total. The molecule has 106 valence electrons. The number of amides is 1. The van der Waals surface area contributed by atoms with Crippen LogP contribution in [-0.2, 0) is 4.79 Å². The maximum absolute atomic E-state index is 12.0. The van der Waals surface area contributed by atoms with Gasteiger partial charge in [-0.2, -0.15) is 5.26 Å². The standard InChI is InChI=1S/C15H17BrN2O2/c1-15(2,10-17)6-3-7-18-12-8-11(16)4-5-13(12)20-9-14(18)19/h4-5,8H,3,6-7,9H2,1-2H3. The second-order valence-corrected chi connectivity index (χ2v) is 6.46. The van der Waals surface area contributed by atoms with Crippen LogP contribution >= 0.6 is 15.9 Å². The Labute approximate surface area is 127 Å². The number of fused-ring (bicyclic) bond motifs is 1. The van der Waals surface area contributed by atoms with Crippen molar-refractivity contribution in [3.8, 4) is 11.8 Å². The van der Waals surface area contributed by atoms with Gasteiger partial charge in [0.25, 0.3) is 5.91 Å². The second-order valence-electron chi connectivity index (χ2n) is 5.55. The van der Waals surface area contributed by atoms with Crippen LogP contribution in [-0.4, -0.2) is 19.1 Å². The highest BCUT2D eigenvalue weighted by atomic mass is 79.9. The molecule has 1 aliphatic rings. The highest BCUT2D eigenvalue weighted by Crippen LogP contribution is 2.35. The van der Waals surface area contributed by atoms with Crippen molar-refractivity contribution in [3.63, 3.8) is 0 Å². The van der Waals surface area contributed by atoms with Crippen molar-refractivity contribution in [1.82, 2.24) is 0 Å². The maximum Gasteiger partial charge on any atom is 0.265 e. The zero-order valence-electron chi connectivity index (χ0n) is 11.6. The summed E-state index contributed by atoms with van der Waals surface area (Å²) in [5.74, 6) is 0.692. The first kappa shape index (κ1) is 14.9. The van der Waals surface area contributed by atoms with Gasteiger partial charge in [-0.05, 0) is 44.9 Å². The molecular formula is C15H17BrN2O2. The SMILES string of the molecule is CC(C)(C#N)CCCN1C(=O)COc2ccc(Br)cc21. The molecule has 0 bridgehead atoms. The van der Waals surface area contributed by atoms with Gasteiger partial charge in [-0.15, -0.1) is 0 Å². The molecule has 1 aliphatic heterocycles. The predicted molar refractivity (Wildman–Crippen MR) is 80.6 cm³/mol.